The molecule has 0 unspecified atom stereocenters. The van der Waals surface area contributed by atoms with Gasteiger partial charge in [-0.05, 0) is 19.3 Å². The van der Waals surface area contributed by atoms with Crippen LogP contribution >= 0.6 is 22.6 Å². The van der Waals surface area contributed by atoms with Crippen molar-refractivity contribution in [2.45, 2.75) is 24.9 Å². The molecule has 11 heavy (non-hydrogen) atoms. The summed E-state index contributed by atoms with van der Waals surface area (Å²) in [5.41, 5.74) is 0.0952. The summed E-state index contributed by atoms with van der Waals surface area (Å²) in [7, 11) is 0. The lowest BCUT2D eigenvalue weighted by molar-refractivity contribution is -0.188. The van der Waals surface area contributed by atoms with Crippen molar-refractivity contribution in [2.75, 3.05) is 11.0 Å². The van der Waals surface area contributed by atoms with E-state index < -0.39 is 0 Å². The van der Waals surface area contributed by atoms with Crippen LogP contribution in [0.2, 0.25) is 0 Å². The molecule has 2 saturated heterocycles. The number of halogens is 1. The lowest BCUT2D eigenvalue weighted by Crippen LogP contribution is -2.58. The minimum Gasteiger partial charge on any atom is -0.374 e. The third-order valence-corrected chi connectivity index (χ3v) is 4.18. The first-order valence-electron chi connectivity index (χ1n) is 3.85. The Balaban J connectivity index is 2.13. The highest BCUT2D eigenvalue weighted by molar-refractivity contribution is 14.1. The van der Waals surface area contributed by atoms with Crippen LogP contribution in [0.3, 0.4) is 0 Å². The van der Waals surface area contributed by atoms with Crippen LogP contribution in [0.25, 0.3) is 0 Å². The molecule has 0 N–H and O–H groups in total. The van der Waals surface area contributed by atoms with Crippen LogP contribution in [0, 0.1) is 16.7 Å². The summed E-state index contributed by atoms with van der Waals surface area (Å²) in [5, 5.41) is 8.89. The van der Waals surface area contributed by atoms with Crippen LogP contribution in [0.15, 0.2) is 0 Å². The van der Waals surface area contributed by atoms with Gasteiger partial charge in [-0.25, -0.2) is 0 Å². The maximum atomic E-state index is 8.89. The van der Waals surface area contributed by atoms with Gasteiger partial charge in [-0.1, -0.05) is 22.6 Å². The summed E-state index contributed by atoms with van der Waals surface area (Å²) in [6.07, 6.45) is 2.89. The quantitative estimate of drug-likeness (QED) is 0.534. The van der Waals surface area contributed by atoms with Crippen LogP contribution in [0.5, 0.6) is 0 Å². The second-order valence-corrected chi connectivity index (χ2v) is 4.42. The highest BCUT2D eigenvalue weighted by Crippen LogP contribution is 2.56. The van der Waals surface area contributed by atoms with E-state index in [1.807, 2.05) is 0 Å². The molecule has 3 heteroatoms. The molecule has 60 valence electrons. The van der Waals surface area contributed by atoms with Crippen molar-refractivity contribution >= 4 is 22.6 Å². The first kappa shape index (κ1) is 7.81. The van der Waals surface area contributed by atoms with Crippen LogP contribution in [-0.2, 0) is 4.74 Å². The molecule has 2 heterocycles. The van der Waals surface area contributed by atoms with Crippen molar-refractivity contribution in [1.82, 2.24) is 0 Å². The van der Waals surface area contributed by atoms with E-state index in [0.717, 1.165) is 30.3 Å². The number of fused-ring (bicyclic) bond motifs is 2. The van der Waals surface area contributed by atoms with Gasteiger partial charge in [-0.3, -0.25) is 0 Å². The molecule has 0 atom stereocenters. The Morgan fingerprint density at radius 3 is 2.82 bits per heavy atom. The van der Waals surface area contributed by atoms with Crippen LogP contribution in [-0.4, -0.2) is 16.6 Å². The fourth-order valence-electron chi connectivity index (χ4n) is 2.19. The third-order valence-electron chi connectivity index (χ3n) is 2.79. The summed E-state index contributed by atoms with van der Waals surface area (Å²) in [4.78, 5) is 0. The average Bonchev–Trinajstić information content (AvgIpc) is 2.04. The number of alkyl halides is 1. The Labute approximate surface area is 80.1 Å². The predicted octanol–water partition coefficient (Wildman–Crippen LogP) is 1.88. The molecule has 3 fully saturated rings. The van der Waals surface area contributed by atoms with Gasteiger partial charge in [-0.15, -0.1) is 0 Å². The fraction of sp³-hybridized carbons (Fsp3) is 0.875. The van der Waals surface area contributed by atoms with Crippen molar-refractivity contribution < 1.29 is 4.74 Å². The number of rotatable bonds is 1. The minimum absolute atomic E-state index is 0.00339. The zero-order valence-electron chi connectivity index (χ0n) is 6.27. The fourth-order valence-corrected chi connectivity index (χ4v) is 2.95. The third kappa shape index (κ3) is 0.994. The zero-order chi connectivity index (χ0) is 7.95. The van der Waals surface area contributed by atoms with Gasteiger partial charge in [-0.2, -0.15) is 5.26 Å². The first-order chi connectivity index (χ1) is 5.24. The summed E-state index contributed by atoms with van der Waals surface area (Å²) < 4.78 is 6.68. The van der Waals surface area contributed by atoms with E-state index in [1.54, 1.807) is 0 Å². The lowest BCUT2D eigenvalue weighted by Gasteiger charge is -2.56. The molecule has 1 aliphatic carbocycles. The highest BCUT2D eigenvalue weighted by atomic mass is 127. The SMILES string of the molecule is N#CC12CCOC(CI)(C1)C2. The molecule has 0 spiro atoms. The van der Waals surface area contributed by atoms with E-state index in [1.165, 1.54) is 0 Å². The molecule has 2 nitrogen and oxygen atoms in total. The molecule has 3 rings (SSSR count). The van der Waals surface area contributed by atoms with E-state index in [2.05, 4.69) is 28.7 Å². The molecule has 1 saturated carbocycles. The Hall–Kier alpha value is 0.180. The normalized spacial score (nSPS) is 47.6. The van der Waals surface area contributed by atoms with Gasteiger partial charge in [0, 0.05) is 11.0 Å². The van der Waals surface area contributed by atoms with Crippen molar-refractivity contribution in [3.63, 3.8) is 0 Å². The van der Waals surface area contributed by atoms with Crippen LogP contribution in [0.1, 0.15) is 19.3 Å². The summed E-state index contributed by atoms with van der Waals surface area (Å²) in [6.45, 7) is 0.788. The van der Waals surface area contributed by atoms with E-state index in [-0.39, 0.29) is 11.0 Å². The van der Waals surface area contributed by atoms with Gasteiger partial charge < -0.3 is 4.74 Å². The van der Waals surface area contributed by atoms with Gasteiger partial charge in [0.05, 0.1) is 17.1 Å². The molecule has 0 aromatic rings. The second kappa shape index (κ2) is 2.33. The van der Waals surface area contributed by atoms with E-state index in [0.29, 0.717) is 0 Å². The van der Waals surface area contributed by atoms with Crippen molar-refractivity contribution in [2.24, 2.45) is 5.41 Å². The second-order valence-electron chi connectivity index (χ2n) is 3.66. The summed E-state index contributed by atoms with van der Waals surface area (Å²) in [5.74, 6) is 0. The standard InChI is InChI=1S/C8H10INO/c9-5-8-3-7(4-8,6-10)1-2-11-8/h1-5H2. The van der Waals surface area contributed by atoms with Gasteiger partial charge in [0.2, 0.25) is 0 Å². The minimum atomic E-state index is 0.00339. The van der Waals surface area contributed by atoms with Crippen molar-refractivity contribution in [1.29, 1.82) is 5.26 Å². The highest BCUT2D eigenvalue weighted by Gasteiger charge is 2.58. The number of nitrogens with zero attached hydrogens (tertiary/aromatic N) is 1. The molecular formula is C8H10INO. The predicted molar refractivity (Wildman–Crippen MR) is 49.5 cm³/mol. The largest absolute Gasteiger partial charge is 0.374 e. The van der Waals surface area contributed by atoms with E-state index in [9.17, 15) is 0 Å². The number of hydrogen-bond acceptors (Lipinski definition) is 2. The molecule has 2 aliphatic heterocycles. The van der Waals surface area contributed by atoms with Gasteiger partial charge >= 0.3 is 0 Å². The van der Waals surface area contributed by atoms with Crippen LogP contribution < -0.4 is 0 Å². The Bertz CT molecular complexity index is 215. The first-order valence-corrected chi connectivity index (χ1v) is 5.38. The monoisotopic (exact) mass is 263 g/mol. The molecule has 2 bridgehead atoms. The van der Waals surface area contributed by atoms with E-state index >= 15 is 0 Å². The number of hydrogen-bond donors (Lipinski definition) is 0. The maximum absolute atomic E-state index is 8.89. The van der Waals surface area contributed by atoms with Crippen molar-refractivity contribution in [3.8, 4) is 6.07 Å². The Morgan fingerprint density at radius 2 is 2.27 bits per heavy atom. The van der Waals surface area contributed by atoms with Gasteiger partial charge in [0.1, 0.15) is 0 Å². The molecule has 0 aromatic carbocycles. The Morgan fingerprint density at radius 1 is 1.55 bits per heavy atom. The molecule has 0 amide bonds. The lowest BCUT2D eigenvalue weighted by atomic mass is 9.57. The summed E-state index contributed by atoms with van der Waals surface area (Å²) >= 11 is 2.35. The summed E-state index contributed by atoms with van der Waals surface area (Å²) in [6, 6.07) is 2.42. The van der Waals surface area contributed by atoms with Gasteiger partial charge in [0.15, 0.2) is 0 Å². The molecule has 0 radical (unpaired) electrons. The maximum Gasteiger partial charge on any atom is 0.0802 e. The van der Waals surface area contributed by atoms with Gasteiger partial charge in [0.25, 0.3) is 0 Å². The topological polar surface area (TPSA) is 33.0 Å². The molecular weight excluding hydrogens is 253 g/mol. The van der Waals surface area contributed by atoms with E-state index in [4.69, 9.17) is 10.00 Å². The number of nitriles is 1. The number of ether oxygens (including phenoxy) is 1. The molecule has 0 aromatic heterocycles. The average molecular weight is 263 g/mol. The molecule has 3 aliphatic rings. The zero-order valence-corrected chi connectivity index (χ0v) is 8.43. The van der Waals surface area contributed by atoms with Crippen LogP contribution in [0.4, 0.5) is 0 Å². The smallest absolute Gasteiger partial charge is 0.0802 e. The van der Waals surface area contributed by atoms with Crippen molar-refractivity contribution in [3.05, 3.63) is 0 Å². The Kier molecular flexibility index (Phi) is 1.66.